The number of fused-ring (bicyclic) bond motifs is 1. The number of aryl methyl sites for hydroxylation is 1. The highest BCUT2D eigenvalue weighted by atomic mass is 16.5. The average Bonchev–Trinajstić information content (AvgIpc) is 3.41. The highest BCUT2D eigenvalue weighted by Gasteiger charge is 2.53. The maximum atomic E-state index is 13.1. The van der Waals surface area contributed by atoms with E-state index in [1.807, 2.05) is 4.90 Å². The lowest BCUT2D eigenvalue weighted by Crippen LogP contribution is -2.53. The van der Waals surface area contributed by atoms with Gasteiger partial charge in [0.05, 0.1) is 17.7 Å². The van der Waals surface area contributed by atoms with Crippen LogP contribution in [0.5, 0.6) is 0 Å². The molecule has 1 aromatic rings. The van der Waals surface area contributed by atoms with Crippen LogP contribution < -0.4 is 5.56 Å². The van der Waals surface area contributed by atoms with Crippen LogP contribution in [-0.2, 0) is 16.5 Å². The number of methoxy groups -OCH3 is 1. The van der Waals surface area contributed by atoms with Gasteiger partial charge in [0, 0.05) is 33.4 Å². The summed E-state index contributed by atoms with van der Waals surface area (Å²) in [6.07, 6.45) is 6.28. The minimum atomic E-state index is -0.282. The van der Waals surface area contributed by atoms with Crippen LogP contribution in [0.25, 0.3) is 0 Å². The quantitative estimate of drug-likeness (QED) is 0.792. The Morgan fingerprint density at radius 2 is 2.12 bits per heavy atom. The summed E-state index contributed by atoms with van der Waals surface area (Å²) in [6.45, 7) is 1.49. The van der Waals surface area contributed by atoms with Crippen LogP contribution in [0.3, 0.4) is 0 Å². The maximum absolute atomic E-state index is 13.1. The Hall–Kier alpha value is -1.73. The zero-order chi connectivity index (χ0) is 18.3. The SMILES string of the molecule is CO[C@@]12CC[C@H](OCC3CC3)C[C@@H]1N(C(=O)c1ccc(=O)n(C)n1)CC2. The highest BCUT2D eigenvalue weighted by Crippen LogP contribution is 2.44. The van der Waals surface area contributed by atoms with Crippen molar-refractivity contribution in [2.24, 2.45) is 13.0 Å². The molecule has 1 amide bonds. The summed E-state index contributed by atoms with van der Waals surface area (Å²) in [5, 5.41) is 4.13. The molecule has 3 fully saturated rings. The fourth-order valence-electron chi connectivity index (χ4n) is 4.38. The molecule has 0 aromatic carbocycles. The molecule has 4 rings (SSSR count). The van der Waals surface area contributed by atoms with Gasteiger partial charge < -0.3 is 14.4 Å². The Bertz CT molecular complexity index is 745. The first-order chi connectivity index (χ1) is 12.5. The molecule has 2 heterocycles. The van der Waals surface area contributed by atoms with E-state index in [0.29, 0.717) is 12.2 Å². The Balaban J connectivity index is 1.52. The van der Waals surface area contributed by atoms with Crippen molar-refractivity contribution in [2.45, 2.75) is 56.3 Å². The largest absolute Gasteiger partial charge is 0.378 e. The van der Waals surface area contributed by atoms with Gasteiger partial charge in [0.1, 0.15) is 5.69 Å². The predicted molar refractivity (Wildman–Crippen MR) is 95.0 cm³/mol. The van der Waals surface area contributed by atoms with Crippen LogP contribution in [0.2, 0.25) is 0 Å². The number of ether oxygens (including phenoxy) is 2. The minimum Gasteiger partial charge on any atom is -0.378 e. The lowest BCUT2D eigenvalue weighted by Gasteiger charge is -2.43. The van der Waals surface area contributed by atoms with Gasteiger partial charge >= 0.3 is 0 Å². The van der Waals surface area contributed by atoms with Gasteiger partial charge in [0.25, 0.3) is 11.5 Å². The Labute approximate surface area is 153 Å². The molecule has 3 aliphatic rings. The second-order valence-electron chi connectivity index (χ2n) is 7.89. The molecule has 2 saturated carbocycles. The first-order valence-electron chi connectivity index (χ1n) is 9.54. The van der Waals surface area contributed by atoms with Crippen LogP contribution >= 0.6 is 0 Å². The van der Waals surface area contributed by atoms with Crippen molar-refractivity contribution in [3.63, 3.8) is 0 Å². The van der Waals surface area contributed by atoms with Gasteiger partial charge in [0.2, 0.25) is 0 Å². The minimum absolute atomic E-state index is 0.00279. The summed E-state index contributed by atoms with van der Waals surface area (Å²) in [5.41, 5.74) is -0.198. The first-order valence-corrected chi connectivity index (χ1v) is 9.54. The molecular formula is C19H27N3O4. The molecule has 26 heavy (non-hydrogen) atoms. The predicted octanol–water partition coefficient (Wildman–Crippen LogP) is 1.36. The fraction of sp³-hybridized carbons (Fsp3) is 0.737. The Kier molecular flexibility index (Phi) is 4.61. The van der Waals surface area contributed by atoms with E-state index in [-0.39, 0.29) is 29.2 Å². The summed E-state index contributed by atoms with van der Waals surface area (Å²) in [6, 6.07) is 2.90. The second kappa shape index (κ2) is 6.78. The number of aromatic nitrogens is 2. The maximum Gasteiger partial charge on any atom is 0.274 e. The molecule has 1 saturated heterocycles. The molecule has 1 aliphatic heterocycles. The van der Waals surface area contributed by atoms with Crippen LogP contribution in [0, 0.1) is 5.92 Å². The van der Waals surface area contributed by atoms with Crippen molar-refractivity contribution in [3.05, 3.63) is 28.2 Å². The topological polar surface area (TPSA) is 73.7 Å². The number of hydrogen-bond donors (Lipinski definition) is 0. The molecule has 142 valence electrons. The molecule has 0 N–H and O–H groups in total. The molecule has 0 spiro atoms. The van der Waals surface area contributed by atoms with E-state index in [2.05, 4.69) is 5.10 Å². The van der Waals surface area contributed by atoms with Crippen molar-refractivity contribution in [2.75, 3.05) is 20.3 Å². The third-order valence-corrected chi connectivity index (χ3v) is 6.25. The fourth-order valence-corrected chi connectivity index (χ4v) is 4.38. The normalized spacial score (nSPS) is 31.1. The number of rotatable bonds is 5. The van der Waals surface area contributed by atoms with Gasteiger partial charge in [-0.15, -0.1) is 0 Å². The van der Waals surface area contributed by atoms with E-state index in [9.17, 15) is 9.59 Å². The molecule has 0 radical (unpaired) electrons. The number of hydrogen-bond acceptors (Lipinski definition) is 5. The summed E-state index contributed by atoms with van der Waals surface area (Å²) >= 11 is 0. The van der Waals surface area contributed by atoms with Gasteiger partial charge in [-0.3, -0.25) is 9.59 Å². The molecule has 0 bridgehead atoms. The van der Waals surface area contributed by atoms with Crippen LogP contribution in [0.1, 0.15) is 49.0 Å². The van der Waals surface area contributed by atoms with E-state index in [4.69, 9.17) is 9.47 Å². The third-order valence-electron chi connectivity index (χ3n) is 6.25. The van der Waals surface area contributed by atoms with E-state index in [0.717, 1.165) is 38.2 Å². The van der Waals surface area contributed by atoms with E-state index >= 15 is 0 Å². The lowest BCUT2D eigenvalue weighted by atomic mass is 9.79. The number of carbonyl (C=O) groups excluding carboxylic acids is 1. The molecule has 1 aromatic heterocycles. The van der Waals surface area contributed by atoms with Crippen molar-refractivity contribution in [1.82, 2.24) is 14.7 Å². The summed E-state index contributed by atoms with van der Waals surface area (Å²) < 4.78 is 13.2. The van der Waals surface area contributed by atoms with Crippen LogP contribution in [0.4, 0.5) is 0 Å². The number of likely N-dealkylation sites (tertiary alicyclic amines) is 1. The lowest BCUT2D eigenvalue weighted by molar-refractivity contribution is -0.0977. The smallest absolute Gasteiger partial charge is 0.274 e. The number of nitrogens with zero attached hydrogens (tertiary/aromatic N) is 3. The van der Waals surface area contributed by atoms with Crippen molar-refractivity contribution in [1.29, 1.82) is 0 Å². The molecule has 3 atom stereocenters. The monoisotopic (exact) mass is 361 g/mol. The van der Waals surface area contributed by atoms with Crippen molar-refractivity contribution < 1.29 is 14.3 Å². The summed E-state index contributed by atoms with van der Waals surface area (Å²) in [7, 11) is 3.31. The molecular weight excluding hydrogens is 334 g/mol. The average molecular weight is 361 g/mol. The summed E-state index contributed by atoms with van der Waals surface area (Å²) in [5.74, 6) is 0.604. The zero-order valence-electron chi connectivity index (χ0n) is 15.5. The molecule has 7 nitrogen and oxygen atoms in total. The van der Waals surface area contributed by atoms with Gasteiger partial charge in [-0.05, 0) is 50.5 Å². The van der Waals surface area contributed by atoms with Crippen LogP contribution in [-0.4, -0.2) is 58.6 Å². The second-order valence-corrected chi connectivity index (χ2v) is 7.89. The van der Waals surface area contributed by atoms with E-state index in [1.54, 1.807) is 14.2 Å². The van der Waals surface area contributed by atoms with Gasteiger partial charge in [0.15, 0.2) is 0 Å². The van der Waals surface area contributed by atoms with Gasteiger partial charge in [-0.2, -0.15) is 5.10 Å². The third kappa shape index (κ3) is 3.18. The van der Waals surface area contributed by atoms with E-state index in [1.165, 1.54) is 29.7 Å². The highest BCUT2D eigenvalue weighted by molar-refractivity contribution is 5.92. The Morgan fingerprint density at radius 3 is 2.81 bits per heavy atom. The number of carbonyl (C=O) groups is 1. The Morgan fingerprint density at radius 1 is 1.31 bits per heavy atom. The standard InChI is InChI=1S/C19H27N3O4/c1-21-17(23)6-5-15(20-21)18(24)22-10-9-19(25-2)8-7-14(11-16(19)22)26-12-13-3-4-13/h5-6,13-14,16H,3-4,7-12H2,1-2H3/t14-,16-,19+/m0/s1. The van der Waals surface area contributed by atoms with Crippen molar-refractivity contribution in [3.8, 4) is 0 Å². The molecule has 0 unspecified atom stereocenters. The molecule has 7 heteroatoms. The van der Waals surface area contributed by atoms with Crippen molar-refractivity contribution >= 4 is 5.91 Å². The zero-order valence-corrected chi connectivity index (χ0v) is 15.5. The molecule has 2 aliphatic carbocycles. The van der Waals surface area contributed by atoms with E-state index < -0.39 is 0 Å². The number of amides is 1. The van der Waals surface area contributed by atoms with Gasteiger partial charge in [-0.1, -0.05) is 0 Å². The first kappa shape index (κ1) is 17.7. The van der Waals surface area contributed by atoms with Gasteiger partial charge in [-0.25, -0.2) is 4.68 Å². The van der Waals surface area contributed by atoms with Crippen LogP contribution in [0.15, 0.2) is 16.9 Å². The summed E-state index contributed by atoms with van der Waals surface area (Å²) in [4.78, 5) is 26.5.